The molecule has 2 rings (SSSR count). The van der Waals surface area contributed by atoms with E-state index in [-0.39, 0.29) is 22.4 Å². The van der Waals surface area contributed by atoms with Crippen LogP contribution in [0.15, 0.2) is 23.1 Å². The van der Waals surface area contributed by atoms with Gasteiger partial charge in [-0.1, -0.05) is 25.7 Å². The summed E-state index contributed by atoms with van der Waals surface area (Å²) in [6.07, 6.45) is 6.47. The summed E-state index contributed by atoms with van der Waals surface area (Å²) in [7, 11) is -2.42. The van der Waals surface area contributed by atoms with E-state index >= 15 is 0 Å². The Kier molecular flexibility index (Phi) is 5.42. The molecule has 1 aromatic rings. The molecule has 0 aromatic heterocycles. The summed E-state index contributed by atoms with van der Waals surface area (Å²) in [4.78, 5) is 12.4. The van der Waals surface area contributed by atoms with Gasteiger partial charge in [-0.2, -0.15) is 0 Å². The van der Waals surface area contributed by atoms with Gasteiger partial charge in [0, 0.05) is 6.04 Å². The molecular weight excluding hydrogens is 304 g/mol. The molecule has 1 fully saturated rings. The monoisotopic (exact) mass is 326 g/mol. The minimum atomic E-state index is -3.86. The molecule has 1 amide bonds. The molecule has 0 saturated heterocycles. The van der Waals surface area contributed by atoms with Gasteiger partial charge in [0.2, 0.25) is 10.0 Å². The van der Waals surface area contributed by atoms with Gasteiger partial charge in [-0.05, 0) is 31.0 Å². The fourth-order valence-electron chi connectivity index (χ4n) is 2.73. The van der Waals surface area contributed by atoms with Crippen LogP contribution in [0.3, 0.4) is 0 Å². The maximum Gasteiger partial charge on any atom is 0.255 e. The number of nitrogens with one attached hydrogen (secondary N) is 1. The normalized spacial score (nSPS) is 16.8. The average molecular weight is 326 g/mol. The number of benzene rings is 1. The van der Waals surface area contributed by atoms with Crippen molar-refractivity contribution in [2.24, 2.45) is 5.14 Å². The molecule has 1 aliphatic rings. The SMILES string of the molecule is COc1ccc(S(N)(=O)=O)cc1C(=O)NC1CCCCCC1. The third-order valence-electron chi connectivity index (χ3n) is 3.93. The number of methoxy groups -OCH3 is 1. The Morgan fingerprint density at radius 3 is 2.41 bits per heavy atom. The lowest BCUT2D eigenvalue weighted by Gasteiger charge is -2.17. The standard InChI is InChI=1S/C15H22N2O4S/c1-21-14-9-8-12(22(16,19)20)10-13(14)15(18)17-11-6-4-2-3-5-7-11/h8-11H,2-7H2,1H3,(H,17,18)(H2,16,19,20). The maximum absolute atomic E-state index is 12.5. The zero-order valence-electron chi connectivity index (χ0n) is 12.7. The zero-order valence-corrected chi connectivity index (χ0v) is 13.5. The van der Waals surface area contributed by atoms with Crippen molar-refractivity contribution in [1.29, 1.82) is 0 Å². The second kappa shape index (κ2) is 7.11. The average Bonchev–Trinajstić information content (AvgIpc) is 2.74. The fourth-order valence-corrected chi connectivity index (χ4v) is 3.27. The van der Waals surface area contributed by atoms with Crippen molar-refractivity contribution in [3.05, 3.63) is 23.8 Å². The molecule has 0 bridgehead atoms. The molecule has 0 radical (unpaired) electrons. The van der Waals surface area contributed by atoms with Crippen molar-refractivity contribution in [2.45, 2.75) is 49.5 Å². The molecular formula is C15H22N2O4S. The Labute approximate surface area is 131 Å². The third kappa shape index (κ3) is 4.20. The Bertz CT molecular complexity index is 635. The number of carbonyl (C=O) groups excluding carboxylic acids is 1. The number of ether oxygens (including phenoxy) is 1. The first-order valence-corrected chi connectivity index (χ1v) is 8.98. The Morgan fingerprint density at radius 1 is 1.23 bits per heavy atom. The Balaban J connectivity index is 2.23. The van der Waals surface area contributed by atoms with Crippen LogP contribution < -0.4 is 15.2 Å². The van der Waals surface area contributed by atoms with Gasteiger partial charge < -0.3 is 10.1 Å². The summed E-state index contributed by atoms with van der Waals surface area (Å²) >= 11 is 0. The quantitative estimate of drug-likeness (QED) is 0.824. The summed E-state index contributed by atoms with van der Waals surface area (Å²) in [5, 5.41) is 8.10. The van der Waals surface area contributed by atoms with Crippen LogP contribution in [0, 0.1) is 0 Å². The molecule has 1 saturated carbocycles. The van der Waals surface area contributed by atoms with Gasteiger partial charge in [0.05, 0.1) is 17.6 Å². The molecule has 7 heteroatoms. The molecule has 122 valence electrons. The van der Waals surface area contributed by atoms with Crippen LogP contribution in [0.2, 0.25) is 0 Å². The smallest absolute Gasteiger partial charge is 0.255 e. The lowest BCUT2D eigenvalue weighted by Crippen LogP contribution is -2.34. The van der Waals surface area contributed by atoms with Crippen molar-refractivity contribution >= 4 is 15.9 Å². The van der Waals surface area contributed by atoms with E-state index in [4.69, 9.17) is 9.88 Å². The largest absolute Gasteiger partial charge is 0.496 e. The highest BCUT2D eigenvalue weighted by molar-refractivity contribution is 7.89. The van der Waals surface area contributed by atoms with Crippen LogP contribution >= 0.6 is 0 Å². The summed E-state index contributed by atoms with van der Waals surface area (Å²) < 4.78 is 28.0. The topological polar surface area (TPSA) is 98.5 Å². The number of amides is 1. The Morgan fingerprint density at radius 2 is 1.86 bits per heavy atom. The van der Waals surface area contributed by atoms with Gasteiger partial charge in [0.15, 0.2) is 0 Å². The van der Waals surface area contributed by atoms with E-state index < -0.39 is 10.0 Å². The first-order chi connectivity index (χ1) is 10.4. The van der Waals surface area contributed by atoms with Crippen LogP contribution in [0.25, 0.3) is 0 Å². The van der Waals surface area contributed by atoms with Crippen LogP contribution in [0.4, 0.5) is 0 Å². The minimum absolute atomic E-state index is 0.0979. The fraction of sp³-hybridized carbons (Fsp3) is 0.533. The van der Waals surface area contributed by atoms with Crippen molar-refractivity contribution in [1.82, 2.24) is 5.32 Å². The van der Waals surface area contributed by atoms with E-state index in [1.807, 2.05) is 0 Å². The number of primary sulfonamides is 1. The summed E-state index contributed by atoms with van der Waals surface area (Å²) in [6, 6.07) is 4.16. The number of hydrogen-bond donors (Lipinski definition) is 2. The van der Waals surface area contributed by atoms with Gasteiger partial charge in [-0.3, -0.25) is 4.79 Å². The van der Waals surface area contributed by atoms with E-state index in [9.17, 15) is 13.2 Å². The van der Waals surface area contributed by atoms with Crippen molar-refractivity contribution < 1.29 is 17.9 Å². The van der Waals surface area contributed by atoms with Crippen LogP contribution in [0.5, 0.6) is 5.75 Å². The maximum atomic E-state index is 12.5. The number of carbonyl (C=O) groups is 1. The van der Waals surface area contributed by atoms with Gasteiger partial charge in [-0.25, -0.2) is 13.6 Å². The van der Waals surface area contributed by atoms with E-state index in [2.05, 4.69) is 5.32 Å². The third-order valence-corrected chi connectivity index (χ3v) is 4.85. The van der Waals surface area contributed by atoms with Gasteiger partial charge in [0.1, 0.15) is 5.75 Å². The lowest BCUT2D eigenvalue weighted by molar-refractivity contribution is 0.0930. The number of rotatable bonds is 4. The molecule has 1 aliphatic carbocycles. The molecule has 6 nitrogen and oxygen atoms in total. The predicted molar refractivity (Wildman–Crippen MR) is 83.3 cm³/mol. The summed E-state index contributed by atoms with van der Waals surface area (Å²) in [6.45, 7) is 0. The van der Waals surface area contributed by atoms with E-state index in [1.165, 1.54) is 38.2 Å². The lowest BCUT2D eigenvalue weighted by atomic mass is 10.1. The predicted octanol–water partition coefficient (Wildman–Crippen LogP) is 1.80. The van der Waals surface area contributed by atoms with Crippen LogP contribution in [0.1, 0.15) is 48.9 Å². The van der Waals surface area contributed by atoms with Gasteiger partial charge >= 0.3 is 0 Å². The van der Waals surface area contributed by atoms with Crippen molar-refractivity contribution in [3.8, 4) is 5.75 Å². The first kappa shape index (κ1) is 16.8. The highest BCUT2D eigenvalue weighted by Gasteiger charge is 2.20. The molecule has 0 unspecified atom stereocenters. The van der Waals surface area contributed by atoms with Crippen LogP contribution in [-0.2, 0) is 10.0 Å². The molecule has 1 aromatic carbocycles. The highest BCUT2D eigenvalue weighted by atomic mass is 32.2. The highest BCUT2D eigenvalue weighted by Crippen LogP contribution is 2.23. The minimum Gasteiger partial charge on any atom is -0.496 e. The molecule has 0 spiro atoms. The molecule has 0 atom stereocenters. The van der Waals surface area contributed by atoms with E-state index in [0.717, 1.165) is 25.7 Å². The molecule has 0 heterocycles. The van der Waals surface area contributed by atoms with E-state index in [1.54, 1.807) is 0 Å². The van der Waals surface area contributed by atoms with Crippen molar-refractivity contribution in [3.63, 3.8) is 0 Å². The van der Waals surface area contributed by atoms with Crippen molar-refractivity contribution in [2.75, 3.05) is 7.11 Å². The summed E-state index contributed by atoms with van der Waals surface area (Å²) in [5.74, 6) is 0.00720. The second-order valence-electron chi connectivity index (χ2n) is 5.57. The zero-order chi connectivity index (χ0) is 16.2. The molecule has 22 heavy (non-hydrogen) atoms. The molecule has 0 aliphatic heterocycles. The van der Waals surface area contributed by atoms with Gasteiger partial charge in [-0.15, -0.1) is 0 Å². The van der Waals surface area contributed by atoms with Crippen LogP contribution in [-0.4, -0.2) is 27.5 Å². The van der Waals surface area contributed by atoms with E-state index in [0.29, 0.717) is 5.75 Å². The Hall–Kier alpha value is -1.60. The first-order valence-electron chi connectivity index (χ1n) is 7.43. The molecule has 3 N–H and O–H groups in total. The number of sulfonamides is 1. The number of hydrogen-bond acceptors (Lipinski definition) is 4. The van der Waals surface area contributed by atoms with Gasteiger partial charge in [0.25, 0.3) is 5.91 Å². The second-order valence-corrected chi connectivity index (χ2v) is 7.13. The summed E-state index contributed by atoms with van der Waals surface area (Å²) in [5.41, 5.74) is 0.193. The number of nitrogens with two attached hydrogens (primary N) is 1.